The molecule has 110 valence electrons. The van der Waals surface area contributed by atoms with Crippen LogP contribution in [0.3, 0.4) is 0 Å². The van der Waals surface area contributed by atoms with Crippen molar-refractivity contribution in [1.82, 2.24) is 4.90 Å². The number of rotatable bonds is 1. The summed E-state index contributed by atoms with van der Waals surface area (Å²) >= 11 is 1.99. The summed E-state index contributed by atoms with van der Waals surface area (Å²) in [5, 5.41) is 0. The molecule has 0 radical (unpaired) electrons. The maximum Gasteiger partial charge on any atom is 0.0555 e. The van der Waals surface area contributed by atoms with E-state index in [1.807, 2.05) is 11.8 Å². The molecule has 0 saturated carbocycles. The average Bonchev–Trinajstić information content (AvgIpc) is 2.53. The fourth-order valence-corrected chi connectivity index (χ4v) is 4.77. The SMILES string of the molecule is CN1CCC(N2C3=C(CCC=C3)Sc3ccccc32)CC1. The Bertz CT molecular complexity index is 597. The summed E-state index contributed by atoms with van der Waals surface area (Å²) in [4.78, 5) is 8.09. The van der Waals surface area contributed by atoms with E-state index in [0.717, 1.165) is 0 Å². The topological polar surface area (TPSA) is 6.48 Å². The maximum absolute atomic E-state index is 2.64. The van der Waals surface area contributed by atoms with Crippen molar-refractivity contribution in [3.05, 3.63) is 47.0 Å². The van der Waals surface area contributed by atoms with E-state index < -0.39 is 0 Å². The van der Waals surface area contributed by atoms with Gasteiger partial charge in [-0.3, -0.25) is 0 Å². The van der Waals surface area contributed by atoms with Crippen molar-refractivity contribution in [1.29, 1.82) is 0 Å². The molecule has 3 heteroatoms. The number of hydrogen-bond donors (Lipinski definition) is 0. The first-order valence-corrected chi connectivity index (χ1v) is 8.79. The fraction of sp³-hybridized carbons (Fsp3) is 0.444. The first-order valence-electron chi connectivity index (χ1n) is 7.97. The normalized spacial score (nSPS) is 23.2. The summed E-state index contributed by atoms with van der Waals surface area (Å²) in [6.45, 7) is 2.42. The van der Waals surface area contributed by atoms with Crippen LogP contribution in [0.25, 0.3) is 0 Å². The van der Waals surface area contributed by atoms with Gasteiger partial charge in [0.2, 0.25) is 0 Å². The Balaban J connectivity index is 1.74. The van der Waals surface area contributed by atoms with Crippen molar-refractivity contribution in [3.8, 4) is 0 Å². The number of benzene rings is 1. The van der Waals surface area contributed by atoms with Gasteiger partial charge in [-0.15, -0.1) is 0 Å². The van der Waals surface area contributed by atoms with Gasteiger partial charge in [-0.2, -0.15) is 0 Å². The molecule has 0 bridgehead atoms. The minimum absolute atomic E-state index is 0.649. The van der Waals surface area contributed by atoms with E-state index in [0.29, 0.717) is 6.04 Å². The number of nitrogens with zero attached hydrogens (tertiary/aromatic N) is 2. The number of fused-ring (bicyclic) bond motifs is 1. The zero-order chi connectivity index (χ0) is 14.2. The fourth-order valence-electron chi connectivity index (χ4n) is 3.60. The Morgan fingerprint density at radius 3 is 2.81 bits per heavy atom. The van der Waals surface area contributed by atoms with Crippen LogP contribution in [0.15, 0.2) is 51.9 Å². The lowest BCUT2D eigenvalue weighted by molar-refractivity contribution is 0.253. The van der Waals surface area contributed by atoms with Crippen molar-refractivity contribution in [2.75, 3.05) is 25.0 Å². The molecule has 0 aromatic heterocycles. The highest BCUT2D eigenvalue weighted by Crippen LogP contribution is 2.48. The lowest BCUT2D eigenvalue weighted by Crippen LogP contribution is -2.44. The van der Waals surface area contributed by atoms with Crippen LogP contribution in [0.1, 0.15) is 25.7 Å². The zero-order valence-corrected chi connectivity index (χ0v) is 13.4. The predicted molar refractivity (Wildman–Crippen MR) is 90.7 cm³/mol. The van der Waals surface area contributed by atoms with Gasteiger partial charge in [0.25, 0.3) is 0 Å². The lowest BCUT2D eigenvalue weighted by atomic mass is 9.99. The van der Waals surface area contributed by atoms with Gasteiger partial charge in [0.15, 0.2) is 0 Å². The summed E-state index contributed by atoms with van der Waals surface area (Å²) in [5.74, 6) is 0. The van der Waals surface area contributed by atoms with E-state index in [-0.39, 0.29) is 0 Å². The van der Waals surface area contributed by atoms with Crippen molar-refractivity contribution in [2.24, 2.45) is 0 Å². The second kappa shape index (κ2) is 5.54. The molecular formula is C18H22N2S. The van der Waals surface area contributed by atoms with Gasteiger partial charge in [0.1, 0.15) is 0 Å². The number of thioether (sulfide) groups is 1. The third kappa shape index (κ3) is 2.43. The molecule has 2 heterocycles. The van der Waals surface area contributed by atoms with Gasteiger partial charge >= 0.3 is 0 Å². The minimum Gasteiger partial charge on any atom is -0.337 e. The molecule has 4 rings (SSSR count). The van der Waals surface area contributed by atoms with Gasteiger partial charge in [-0.1, -0.05) is 30.0 Å². The molecule has 2 nitrogen and oxygen atoms in total. The van der Waals surface area contributed by atoms with Crippen molar-refractivity contribution < 1.29 is 0 Å². The van der Waals surface area contributed by atoms with Crippen LogP contribution < -0.4 is 4.90 Å². The van der Waals surface area contributed by atoms with E-state index in [9.17, 15) is 0 Å². The predicted octanol–water partition coefficient (Wildman–Crippen LogP) is 4.25. The first kappa shape index (κ1) is 13.5. The Morgan fingerprint density at radius 1 is 1.14 bits per heavy atom. The molecule has 1 saturated heterocycles. The molecule has 0 atom stereocenters. The van der Waals surface area contributed by atoms with E-state index in [2.05, 4.69) is 53.3 Å². The molecule has 3 aliphatic rings. The van der Waals surface area contributed by atoms with Gasteiger partial charge in [0, 0.05) is 15.8 Å². The Labute approximate surface area is 131 Å². The Morgan fingerprint density at radius 2 is 1.95 bits per heavy atom. The number of hydrogen-bond acceptors (Lipinski definition) is 3. The molecule has 0 N–H and O–H groups in total. The summed E-state index contributed by atoms with van der Waals surface area (Å²) < 4.78 is 0. The van der Waals surface area contributed by atoms with E-state index in [4.69, 9.17) is 0 Å². The molecule has 1 aromatic carbocycles. The summed E-state index contributed by atoms with van der Waals surface area (Å²) in [5.41, 5.74) is 2.89. The molecule has 1 aromatic rings. The highest BCUT2D eigenvalue weighted by molar-refractivity contribution is 8.03. The number of allylic oxidation sites excluding steroid dienone is 3. The third-order valence-electron chi connectivity index (χ3n) is 4.77. The van der Waals surface area contributed by atoms with E-state index in [1.54, 1.807) is 4.91 Å². The molecule has 1 aliphatic carbocycles. The smallest absolute Gasteiger partial charge is 0.0555 e. The minimum atomic E-state index is 0.649. The van der Waals surface area contributed by atoms with E-state index in [1.165, 1.54) is 55.1 Å². The highest BCUT2D eigenvalue weighted by Gasteiger charge is 2.32. The van der Waals surface area contributed by atoms with Crippen LogP contribution in [-0.2, 0) is 0 Å². The standard InChI is InChI=1S/C18H22N2S/c1-19-12-10-14(11-13-19)20-15-6-2-4-8-17(15)21-18-9-5-3-7-16(18)20/h2-4,6-8,14H,5,9-13H2,1H3. The lowest BCUT2D eigenvalue weighted by Gasteiger charge is -2.43. The maximum atomic E-state index is 2.64. The Kier molecular flexibility index (Phi) is 3.56. The van der Waals surface area contributed by atoms with Crippen LogP contribution in [0.5, 0.6) is 0 Å². The largest absolute Gasteiger partial charge is 0.337 e. The van der Waals surface area contributed by atoms with Gasteiger partial charge in [-0.05, 0) is 64.0 Å². The molecule has 0 spiro atoms. The number of anilines is 1. The van der Waals surface area contributed by atoms with Gasteiger partial charge in [0.05, 0.1) is 11.4 Å². The van der Waals surface area contributed by atoms with Gasteiger partial charge in [-0.25, -0.2) is 0 Å². The highest BCUT2D eigenvalue weighted by atomic mass is 32.2. The Hall–Kier alpha value is -1.19. The van der Waals surface area contributed by atoms with Crippen LogP contribution in [-0.4, -0.2) is 31.1 Å². The number of piperidine rings is 1. The van der Waals surface area contributed by atoms with Crippen LogP contribution >= 0.6 is 11.8 Å². The van der Waals surface area contributed by atoms with Crippen LogP contribution in [0, 0.1) is 0 Å². The zero-order valence-electron chi connectivity index (χ0n) is 12.6. The quantitative estimate of drug-likeness (QED) is 0.765. The molecule has 0 unspecified atom stereocenters. The summed E-state index contributed by atoms with van der Waals surface area (Å²) in [6.07, 6.45) is 9.62. The van der Waals surface area contributed by atoms with Crippen molar-refractivity contribution in [3.63, 3.8) is 0 Å². The average molecular weight is 298 g/mol. The molecule has 2 aliphatic heterocycles. The number of para-hydroxylation sites is 1. The second-order valence-electron chi connectivity index (χ2n) is 6.22. The second-order valence-corrected chi connectivity index (χ2v) is 7.36. The van der Waals surface area contributed by atoms with Crippen molar-refractivity contribution >= 4 is 17.4 Å². The molecule has 1 fully saturated rings. The van der Waals surface area contributed by atoms with E-state index >= 15 is 0 Å². The molecular weight excluding hydrogens is 276 g/mol. The summed E-state index contributed by atoms with van der Waals surface area (Å²) in [6, 6.07) is 9.58. The van der Waals surface area contributed by atoms with Crippen LogP contribution in [0.4, 0.5) is 5.69 Å². The van der Waals surface area contributed by atoms with Gasteiger partial charge < -0.3 is 9.80 Å². The van der Waals surface area contributed by atoms with Crippen LogP contribution in [0.2, 0.25) is 0 Å². The monoisotopic (exact) mass is 298 g/mol. The molecule has 21 heavy (non-hydrogen) atoms. The van der Waals surface area contributed by atoms with Crippen molar-refractivity contribution in [2.45, 2.75) is 36.6 Å². The summed E-state index contributed by atoms with van der Waals surface area (Å²) in [7, 11) is 2.24. The first-order chi connectivity index (χ1) is 10.3. The molecule has 0 amide bonds. The third-order valence-corrected chi connectivity index (χ3v) is 5.99. The number of likely N-dealkylation sites (tertiary alicyclic amines) is 1.